The van der Waals surface area contributed by atoms with Crippen molar-refractivity contribution < 1.29 is 4.79 Å². The number of rotatable bonds is 3. The smallest absolute Gasteiger partial charge is 0.224 e. The summed E-state index contributed by atoms with van der Waals surface area (Å²) in [5, 5.41) is 4.23. The minimum absolute atomic E-state index is 0.00810. The molecule has 2 rings (SSSR count). The molecule has 0 heterocycles. The minimum Gasteiger partial charge on any atom is -0.353 e. The maximum Gasteiger partial charge on any atom is 0.224 e. The molecule has 19 heavy (non-hydrogen) atoms. The number of amides is 1. The fraction of sp³-hybridized carbons (Fsp3) is 0.533. The Hall–Kier alpha value is -0.730. The Morgan fingerprint density at radius 1 is 1.26 bits per heavy atom. The second-order valence-electron chi connectivity index (χ2n) is 5.31. The number of nitrogens with one attached hydrogen (secondary N) is 1. The van der Waals surface area contributed by atoms with Gasteiger partial charge in [0.25, 0.3) is 0 Å². The molecule has 2 unspecified atom stereocenters. The lowest BCUT2D eigenvalue weighted by atomic mass is 9.86. The number of carbonyl (C=O) groups excluding carboxylic acids is 1. The van der Waals surface area contributed by atoms with Crippen molar-refractivity contribution >= 4 is 29.1 Å². The molecule has 1 aromatic rings. The summed E-state index contributed by atoms with van der Waals surface area (Å²) >= 11 is 12.2. The van der Waals surface area contributed by atoms with E-state index in [0.29, 0.717) is 27.6 Å². The SMILES string of the molecule is CC1CCCCC1NC(=O)Cc1c(Cl)cccc1Cl. The van der Waals surface area contributed by atoms with E-state index < -0.39 is 0 Å². The van der Waals surface area contributed by atoms with Gasteiger partial charge < -0.3 is 5.32 Å². The summed E-state index contributed by atoms with van der Waals surface area (Å²) in [5.41, 5.74) is 0.715. The maximum absolute atomic E-state index is 12.1. The first-order valence-electron chi connectivity index (χ1n) is 6.80. The molecule has 2 atom stereocenters. The van der Waals surface area contributed by atoms with Gasteiger partial charge in [-0.3, -0.25) is 4.79 Å². The van der Waals surface area contributed by atoms with Crippen LogP contribution in [-0.4, -0.2) is 11.9 Å². The number of hydrogen-bond donors (Lipinski definition) is 1. The largest absolute Gasteiger partial charge is 0.353 e. The van der Waals surface area contributed by atoms with Crippen molar-refractivity contribution in [1.82, 2.24) is 5.32 Å². The Kier molecular flexibility index (Phi) is 5.12. The van der Waals surface area contributed by atoms with Crippen molar-refractivity contribution in [2.75, 3.05) is 0 Å². The maximum atomic E-state index is 12.1. The van der Waals surface area contributed by atoms with Crippen LogP contribution in [0.15, 0.2) is 18.2 Å². The molecule has 0 bridgehead atoms. The van der Waals surface area contributed by atoms with Crippen LogP contribution < -0.4 is 5.32 Å². The standard InChI is InChI=1S/C15H19Cl2NO/c1-10-5-2-3-8-14(10)18-15(19)9-11-12(16)6-4-7-13(11)17/h4,6-7,10,14H,2-3,5,8-9H2,1H3,(H,18,19). The van der Waals surface area contributed by atoms with Crippen LogP contribution in [0.25, 0.3) is 0 Å². The van der Waals surface area contributed by atoms with E-state index in [1.165, 1.54) is 19.3 Å². The molecule has 2 nitrogen and oxygen atoms in total. The number of halogens is 2. The van der Waals surface area contributed by atoms with Gasteiger partial charge in [-0.1, -0.05) is 49.0 Å². The summed E-state index contributed by atoms with van der Waals surface area (Å²) in [7, 11) is 0. The zero-order chi connectivity index (χ0) is 13.8. The van der Waals surface area contributed by atoms with E-state index in [9.17, 15) is 4.79 Å². The van der Waals surface area contributed by atoms with Gasteiger partial charge in [-0.25, -0.2) is 0 Å². The van der Waals surface area contributed by atoms with E-state index in [2.05, 4.69) is 12.2 Å². The van der Waals surface area contributed by atoms with E-state index in [4.69, 9.17) is 23.2 Å². The van der Waals surface area contributed by atoms with Gasteiger partial charge in [-0.15, -0.1) is 0 Å². The Morgan fingerprint density at radius 3 is 2.53 bits per heavy atom. The molecule has 1 amide bonds. The predicted molar refractivity (Wildman–Crippen MR) is 79.7 cm³/mol. The Morgan fingerprint density at radius 2 is 1.89 bits per heavy atom. The molecule has 1 aliphatic carbocycles. The summed E-state index contributed by atoms with van der Waals surface area (Å²) in [5.74, 6) is 0.563. The molecule has 0 saturated heterocycles. The van der Waals surface area contributed by atoms with Crippen molar-refractivity contribution in [1.29, 1.82) is 0 Å². The molecule has 4 heteroatoms. The van der Waals surface area contributed by atoms with E-state index in [1.807, 2.05) is 0 Å². The summed E-state index contributed by atoms with van der Waals surface area (Å²) in [6.07, 6.45) is 4.98. The summed E-state index contributed by atoms with van der Waals surface area (Å²) in [6, 6.07) is 5.61. The van der Waals surface area contributed by atoms with E-state index in [0.717, 1.165) is 6.42 Å². The molecule has 1 saturated carbocycles. The summed E-state index contributed by atoms with van der Waals surface area (Å²) in [4.78, 5) is 12.1. The Labute approximate surface area is 124 Å². The average molecular weight is 300 g/mol. The second-order valence-corrected chi connectivity index (χ2v) is 6.13. The molecule has 0 radical (unpaired) electrons. The van der Waals surface area contributed by atoms with Gasteiger partial charge in [0.2, 0.25) is 5.91 Å². The predicted octanol–water partition coefficient (Wildman–Crippen LogP) is 4.23. The summed E-state index contributed by atoms with van der Waals surface area (Å²) < 4.78 is 0. The van der Waals surface area contributed by atoms with Gasteiger partial charge in [-0.2, -0.15) is 0 Å². The highest BCUT2D eigenvalue weighted by Gasteiger charge is 2.23. The average Bonchev–Trinajstić information content (AvgIpc) is 2.37. The van der Waals surface area contributed by atoms with Gasteiger partial charge in [0.05, 0.1) is 6.42 Å². The lowest BCUT2D eigenvalue weighted by Gasteiger charge is -2.29. The van der Waals surface area contributed by atoms with Crippen LogP contribution in [0.3, 0.4) is 0 Å². The van der Waals surface area contributed by atoms with Gasteiger partial charge >= 0.3 is 0 Å². The fourth-order valence-electron chi connectivity index (χ4n) is 2.65. The van der Waals surface area contributed by atoms with E-state index in [-0.39, 0.29) is 12.3 Å². The Bertz CT molecular complexity index is 441. The van der Waals surface area contributed by atoms with E-state index >= 15 is 0 Å². The zero-order valence-corrected chi connectivity index (χ0v) is 12.6. The molecule has 1 fully saturated rings. The van der Waals surface area contributed by atoms with Crippen LogP contribution in [0, 0.1) is 5.92 Å². The fourth-order valence-corrected chi connectivity index (χ4v) is 3.18. The molecule has 104 valence electrons. The van der Waals surface area contributed by atoms with Crippen molar-refractivity contribution in [2.24, 2.45) is 5.92 Å². The van der Waals surface area contributed by atoms with Crippen LogP contribution >= 0.6 is 23.2 Å². The topological polar surface area (TPSA) is 29.1 Å². The molecule has 0 aromatic heterocycles. The molecule has 1 aliphatic rings. The van der Waals surface area contributed by atoms with Crippen molar-refractivity contribution in [2.45, 2.75) is 45.1 Å². The third-order valence-electron chi connectivity index (χ3n) is 3.86. The zero-order valence-electron chi connectivity index (χ0n) is 11.1. The van der Waals surface area contributed by atoms with Gasteiger partial charge in [0.1, 0.15) is 0 Å². The van der Waals surface area contributed by atoms with Crippen molar-refractivity contribution in [3.63, 3.8) is 0 Å². The van der Waals surface area contributed by atoms with Crippen LogP contribution in [0.2, 0.25) is 10.0 Å². The Balaban J connectivity index is 1.97. The highest BCUT2D eigenvalue weighted by Crippen LogP contribution is 2.26. The molecule has 1 aromatic carbocycles. The molecular weight excluding hydrogens is 281 g/mol. The van der Waals surface area contributed by atoms with E-state index in [1.54, 1.807) is 18.2 Å². The lowest BCUT2D eigenvalue weighted by molar-refractivity contribution is -0.121. The first-order chi connectivity index (χ1) is 9.08. The van der Waals surface area contributed by atoms with Crippen molar-refractivity contribution in [3.8, 4) is 0 Å². The van der Waals surface area contributed by atoms with Crippen LogP contribution in [-0.2, 0) is 11.2 Å². The van der Waals surface area contributed by atoms with Crippen LogP contribution in [0.1, 0.15) is 38.2 Å². The van der Waals surface area contributed by atoms with Gasteiger partial charge in [0.15, 0.2) is 0 Å². The normalized spacial score (nSPS) is 23.1. The van der Waals surface area contributed by atoms with Crippen LogP contribution in [0.4, 0.5) is 0 Å². The lowest BCUT2D eigenvalue weighted by Crippen LogP contribution is -2.41. The summed E-state index contributed by atoms with van der Waals surface area (Å²) in [6.45, 7) is 2.20. The van der Waals surface area contributed by atoms with Gasteiger partial charge in [0, 0.05) is 16.1 Å². The third-order valence-corrected chi connectivity index (χ3v) is 4.57. The second kappa shape index (κ2) is 6.62. The van der Waals surface area contributed by atoms with Crippen LogP contribution in [0.5, 0.6) is 0 Å². The first kappa shape index (κ1) is 14.7. The highest BCUT2D eigenvalue weighted by molar-refractivity contribution is 6.36. The number of hydrogen-bond acceptors (Lipinski definition) is 1. The molecular formula is C15H19Cl2NO. The van der Waals surface area contributed by atoms with Crippen molar-refractivity contribution in [3.05, 3.63) is 33.8 Å². The number of benzene rings is 1. The van der Waals surface area contributed by atoms with Gasteiger partial charge in [-0.05, 0) is 36.5 Å². The quantitative estimate of drug-likeness (QED) is 0.889. The monoisotopic (exact) mass is 299 g/mol. The molecule has 0 spiro atoms. The minimum atomic E-state index is 0.00810. The molecule has 1 N–H and O–H groups in total. The third kappa shape index (κ3) is 3.87. The highest BCUT2D eigenvalue weighted by atomic mass is 35.5. The molecule has 0 aliphatic heterocycles. The first-order valence-corrected chi connectivity index (χ1v) is 7.55. The number of carbonyl (C=O) groups is 1.